The number of benzene rings is 8. The smallest absolute Gasteiger partial charge is 0.164 e. The van der Waals surface area contributed by atoms with E-state index in [4.69, 9.17) is 19.4 Å². The highest BCUT2D eigenvalue weighted by atomic mass is 32.1. The first-order chi connectivity index (χ1) is 28.7. The predicted molar refractivity (Wildman–Crippen MR) is 241 cm³/mol. The Labute approximate surface area is 338 Å². The average molecular weight is 760 g/mol. The van der Waals surface area contributed by atoms with Crippen molar-refractivity contribution in [3.8, 4) is 45.0 Å². The van der Waals surface area contributed by atoms with E-state index in [-0.39, 0.29) is 5.92 Å². The maximum atomic E-state index is 6.84. The first-order valence-electron chi connectivity index (χ1n) is 19.7. The van der Waals surface area contributed by atoms with E-state index in [1.165, 1.54) is 47.8 Å². The standard InChI is InChI=1S/C53H33N3OS/c1-2-11-32(12-3-1)35-22-23-37-31-39(26-24-36(37)29-35)52-54-51(38-25-21-33-13-4-5-14-34(33)30-38)55-53(56-52)45-28-27-41(49-48(45)44-16-6-8-19-46(44)57-49)43-18-10-17-42-40-15-7-9-20-47(40)58-50(42)43/h1-30,39H,31H2. The molecule has 0 amide bonds. The maximum Gasteiger partial charge on any atom is 0.164 e. The molecule has 0 N–H and O–H groups in total. The number of furan rings is 1. The van der Waals surface area contributed by atoms with Gasteiger partial charge in [-0.3, -0.25) is 0 Å². The van der Waals surface area contributed by atoms with Crippen molar-refractivity contribution in [2.75, 3.05) is 0 Å². The molecule has 58 heavy (non-hydrogen) atoms. The minimum absolute atomic E-state index is 0.0301. The summed E-state index contributed by atoms with van der Waals surface area (Å²) in [6, 6.07) is 60.2. The van der Waals surface area contributed by atoms with E-state index in [0.29, 0.717) is 11.6 Å². The van der Waals surface area contributed by atoms with Gasteiger partial charge in [0.1, 0.15) is 17.0 Å². The summed E-state index contributed by atoms with van der Waals surface area (Å²) in [5.74, 6) is 2.01. The van der Waals surface area contributed by atoms with Crippen LogP contribution in [-0.2, 0) is 6.42 Å². The molecule has 3 aromatic heterocycles. The van der Waals surface area contributed by atoms with Crippen molar-refractivity contribution in [1.29, 1.82) is 0 Å². The molecule has 1 aliphatic rings. The maximum absolute atomic E-state index is 6.84. The van der Waals surface area contributed by atoms with Gasteiger partial charge in [-0.1, -0.05) is 146 Å². The number of allylic oxidation sites excluding steroid dienone is 1. The minimum Gasteiger partial charge on any atom is -0.455 e. The summed E-state index contributed by atoms with van der Waals surface area (Å²) >= 11 is 1.83. The Morgan fingerprint density at radius 2 is 1.28 bits per heavy atom. The number of thiophene rings is 1. The van der Waals surface area contributed by atoms with Crippen molar-refractivity contribution >= 4 is 70.3 Å². The van der Waals surface area contributed by atoms with Gasteiger partial charge in [-0.05, 0) is 75.8 Å². The lowest BCUT2D eigenvalue weighted by Crippen LogP contribution is -2.12. The van der Waals surface area contributed by atoms with Crippen molar-refractivity contribution in [2.45, 2.75) is 12.3 Å². The van der Waals surface area contributed by atoms with Crippen LogP contribution in [0.15, 0.2) is 180 Å². The van der Waals surface area contributed by atoms with Crippen LogP contribution in [0.2, 0.25) is 0 Å². The van der Waals surface area contributed by atoms with E-state index in [1.807, 2.05) is 17.4 Å². The first-order valence-corrected chi connectivity index (χ1v) is 20.5. The third kappa shape index (κ3) is 5.39. The third-order valence-electron chi connectivity index (χ3n) is 11.7. The summed E-state index contributed by atoms with van der Waals surface area (Å²) in [5.41, 5.74) is 10.7. The Balaban J connectivity index is 1.05. The van der Waals surface area contributed by atoms with E-state index in [9.17, 15) is 0 Å². The molecule has 3 heterocycles. The van der Waals surface area contributed by atoms with Crippen LogP contribution in [0.4, 0.5) is 0 Å². The van der Waals surface area contributed by atoms with E-state index >= 15 is 0 Å². The summed E-state index contributed by atoms with van der Waals surface area (Å²) in [6.07, 6.45) is 5.29. The molecule has 0 aliphatic heterocycles. The van der Waals surface area contributed by atoms with Gasteiger partial charge in [-0.15, -0.1) is 11.3 Å². The van der Waals surface area contributed by atoms with Crippen molar-refractivity contribution in [1.82, 2.24) is 15.0 Å². The molecule has 0 fully saturated rings. The fourth-order valence-electron chi connectivity index (χ4n) is 8.77. The molecule has 0 spiro atoms. The second-order valence-corrected chi connectivity index (χ2v) is 16.1. The number of hydrogen-bond donors (Lipinski definition) is 0. The van der Waals surface area contributed by atoms with Crippen molar-refractivity contribution < 1.29 is 4.42 Å². The zero-order valence-electron chi connectivity index (χ0n) is 31.3. The average Bonchev–Trinajstić information content (AvgIpc) is 3.88. The number of nitrogens with zero attached hydrogens (tertiary/aromatic N) is 3. The van der Waals surface area contributed by atoms with Gasteiger partial charge in [0.2, 0.25) is 0 Å². The molecule has 4 nitrogen and oxygen atoms in total. The topological polar surface area (TPSA) is 51.8 Å². The molecule has 1 aliphatic carbocycles. The largest absolute Gasteiger partial charge is 0.455 e. The Bertz CT molecular complexity index is 3450. The lowest BCUT2D eigenvalue weighted by atomic mass is 9.87. The quantitative estimate of drug-likeness (QED) is 0.175. The van der Waals surface area contributed by atoms with Crippen LogP contribution in [0.1, 0.15) is 22.9 Å². The van der Waals surface area contributed by atoms with Crippen LogP contribution in [0.25, 0.3) is 104 Å². The fourth-order valence-corrected chi connectivity index (χ4v) is 10.0. The van der Waals surface area contributed by atoms with E-state index in [1.54, 1.807) is 0 Å². The number of fused-ring (bicyclic) bond motifs is 8. The number of rotatable bonds is 5. The lowest BCUT2D eigenvalue weighted by molar-refractivity contribution is 0.670. The molecular formula is C53H33N3OS. The third-order valence-corrected chi connectivity index (χ3v) is 12.9. The summed E-state index contributed by atoms with van der Waals surface area (Å²) in [5, 5.41) is 6.90. The van der Waals surface area contributed by atoms with Crippen LogP contribution in [0, 0.1) is 0 Å². The van der Waals surface area contributed by atoms with Crippen LogP contribution in [-0.4, -0.2) is 15.0 Å². The van der Waals surface area contributed by atoms with Gasteiger partial charge in [0.05, 0.1) is 0 Å². The molecule has 0 bridgehead atoms. The second-order valence-electron chi connectivity index (χ2n) is 15.1. The van der Waals surface area contributed by atoms with Crippen LogP contribution in [0.5, 0.6) is 0 Å². The summed E-state index contributed by atoms with van der Waals surface area (Å²) in [4.78, 5) is 15.9. The van der Waals surface area contributed by atoms with Gasteiger partial charge in [0, 0.05) is 59.1 Å². The van der Waals surface area contributed by atoms with Crippen molar-refractivity contribution in [3.63, 3.8) is 0 Å². The number of aromatic nitrogens is 3. The van der Waals surface area contributed by atoms with Gasteiger partial charge >= 0.3 is 0 Å². The second kappa shape index (κ2) is 13.2. The summed E-state index contributed by atoms with van der Waals surface area (Å²) in [6.45, 7) is 0. The molecule has 1 atom stereocenters. The minimum atomic E-state index is -0.0301. The number of para-hydroxylation sites is 1. The zero-order valence-corrected chi connectivity index (χ0v) is 32.1. The lowest BCUT2D eigenvalue weighted by Gasteiger charge is -2.20. The normalized spacial score (nSPS) is 13.9. The Hall–Kier alpha value is -7.21. The monoisotopic (exact) mass is 759 g/mol. The van der Waals surface area contributed by atoms with Crippen LogP contribution in [0.3, 0.4) is 0 Å². The molecule has 8 aromatic carbocycles. The molecular weight excluding hydrogens is 727 g/mol. The SMILES string of the molecule is C1=CC(c2nc(-c3ccc4ccccc4c3)nc(-c3ccc(-c4cccc5c4sc4ccccc45)c4oc5ccccc5c34)n2)Cc2ccc(-c3ccccc3)cc21. The highest BCUT2D eigenvalue weighted by molar-refractivity contribution is 7.26. The molecule has 1 unspecified atom stereocenters. The van der Waals surface area contributed by atoms with E-state index in [0.717, 1.165) is 61.8 Å². The highest BCUT2D eigenvalue weighted by Gasteiger charge is 2.25. The Morgan fingerprint density at radius 1 is 0.517 bits per heavy atom. The predicted octanol–water partition coefficient (Wildman–Crippen LogP) is 14.3. The van der Waals surface area contributed by atoms with E-state index in [2.05, 4.69) is 176 Å². The molecule has 12 rings (SSSR count). The molecule has 272 valence electrons. The fraction of sp³-hybridized carbons (Fsp3) is 0.0377. The highest BCUT2D eigenvalue weighted by Crippen LogP contribution is 2.46. The first kappa shape index (κ1) is 33.0. The Morgan fingerprint density at radius 3 is 2.21 bits per heavy atom. The van der Waals surface area contributed by atoms with Crippen molar-refractivity contribution in [2.24, 2.45) is 0 Å². The van der Waals surface area contributed by atoms with Crippen molar-refractivity contribution in [3.05, 3.63) is 193 Å². The number of hydrogen-bond acceptors (Lipinski definition) is 5. The summed E-state index contributed by atoms with van der Waals surface area (Å²) < 4.78 is 9.36. The zero-order chi connectivity index (χ0) is 38.2. The van der Waals surface area contributed by atoms with E-state index < -0.39 is 0 Å². The molecule has 0 radical (unpaired) electrons. The van der Waals surface area contributed by atoms with Gasteiger partial charge in [0.15, 0.2) is 11.6 Å². The molecule has 11 aromatic rings. The molecule has 0 saturated carbocycles. The Kier molecular flexibility index (Phi) is 7.50. The molecule has 5 heteroatoms. The van der Waals surface area contributed by atoms with Gasteiger partial charge < -0.3 is 4.42 Å². The summed E-state index contributed by atoms with van der Waals surface area (Å²) in [7, 11) is 0. The van der Waals surface area contributed by atoms with Gasteiger partial charge in [-0.25, -0.2) is 15.0 Å². The molecule has 0 saturated heterocycles. The van der Waals surface area contributed by atoms with Crippen LogP contribution < -0.4 is 0 Å². The van der Waals surface area contributed by atoms with Gasteiger partial charge in [0.25, 0.3) is 0 Å². The van der Waals surface area contributed by atoms with Crippen LogP contribution >= 0.6 is 11.3 Å². The van der Waals surface area contributed by atoms with Gasteiger partial charge in [-0.2, -0.15) is 0 Å².